The van der Waals surface area contributed by atoms with Crippen LogP contribution in [0.15, 0.2) is 30.3 Å². The molecule has 2 aliphatic rings. The van der Waals surface area contributed by atoms with Crippen molar-refractivity contribution in [2.45, 2.75) is 58.3 Å². The molecule has 1 aliphatic heterocycles. The molecule has 0 amide bonds. The Kier molecular flexibility index (Phi) is 9.55. The quantitative estimate of drug-likeness (QED) is 0.618. The summed E-state index contributed by atoms with van der Waals surface area (Å²) in [5.41, 5.74) is 1.32. The van der Waals surface area contributed by atoms with Gasteiger partial charge in [0.25, 0.3) is 0 Å². The molecule has 1 saturated heterocycles. The zero-order valence-corrected chi connectivity index (χ0v) is 11.9. The van der Waals surface area contributed by atoms with Crippen molar-refractivity contribution in [2.75, 3.05) is 13.2 Å². The van der Waals surface area contributed by atoms with Crippen molar-refractivity contribution in [3.8, 4) is 0 Å². The van der Waals surface area contributed by atoms with Crippen molar-refractivity contribution in [2.24, 2.45) is 0 Å². The van der Waals surface area contributed by atoms with E-state index in [4.69, 9.17) is 4.74 Å². The van der Waals surface area contributed by atoms with E-state index in [0.717, 1.165) is 13.2 Å². The van der Waals surface area contributed by atoms with Gasteiger partial charge >= 0.3 is 0 Å². The highest BCUT2D eigenvalue weighted by molar-refractivity contribution is 5.11. The third kappa shape index (κ3) is 9.23. The SMILES string of the molecule is C1CCCCC1.C1CCOC1.Cc1ccccc1. The van der Waals surface area contributed by atoms with Gasteiger partial charge in [-0.2, -0.15) is 0 Å². The number of benzene rings is 1. The molecule has 1 saturated carbocycles. The van der Waals surface area contributed by atoms with E-state index in [2.05, 4.69) is 19.1 Å². The lowest BCUT2D eigenvalue weighted by Gasteiger charge is -2.05. The van der Waals surface area contributed by atoms with Crippen molar-refractivity contribution in [3.05, 3.63) is 35.9 Å². The molecule has 0 bridgehead atoms. The summed E-state index contributed by atoms with van der Waals surface area (Å²) in [5, 5.41) is 0. The lowest BCUT2D eigenvalue weighted by atomic mass is 10.0. The van der Waals surface area contributed by atoms with E-state index in [0.29, 0.717) is 0 Å². The summed E-state index contributed by atoms with van der Waals surface area (Å²) in [7, 11) is 0. The fraction of sp³-hybridized carbons (Fsp3) is 0.647. The maximum atomic E-state index is 4.94. The first-order chi connectivity index (χ1) is 8.89. The number of hydrogen-bond acceptors (Lipinski definition) is 1. The molecule has 0 unspecified atom stereocenters. The standard InChI is InChI=1S/C7H8.C6H12.C4H8O/c1-7-5-3-2-4-6-7;1-2-4-6-5-3-1;1-2-4-5-3-1/h2-6H,1H3;1-6H2;1-4H2. The first-order valence-corrected chi connectivity index (χ1v) is 7.49. The zero-order chi connectivity index (χ0) is 12.9. The van der Waals surface area contributed by atoms with Gasteiger partial charge in [0.15, 0.2) is 0 Å². The number of hydrogen-bond donors (Lipinski definition) is 0. The first kappa shape index (κ1) is 15.2. The molecule has 0 N–H and O–H groups in total. The van der Waals surface area contributed by atoms with E-state index in [1.54, 1.807) is 0 Å². The summed E-state index contributed by atoms with van der Waals surface area (Å²) >= 11 is 0. The van der Waals surface area contributed by atoms with Crippen LogP contribution in [0.1, 0.15) is 56.9 Å². The van der Waals surface area contributed by atoms with Gasteiger partial charge in [-0.25, -0.2) is 0 Å². The van der Waals surface area contributed by atoms with Crippen LogP contribution in [0.4, 0.5) is 0 Å². The maximum Gasteiger partial charge on any atom is 0.0466 e. The van der Waals surface area contributed by atoms with Crippen molar-refractivity contribution < 1.29 is 4.74 Å². The maximum absolute atomic E-state index is 4.94. The normalized spacial score (nSPS) is 18.1. The Bertz CT molecular complexity index is 241. The van der Waals surface area contributed by atoms with Gasteiger partial charge in [-0.1, -0.05) is 74.4 Å². The Morgan fingerprint density at radius 1 is 0.667 bits per heavy atom. The summed E-state index contributed by atoms with van der Waals surface area (Å²) in [6.45, 7) is 4.08. The van der Waals surface area contributed by atoms with Crippen molar-refractivity contribution in [1.29, 1.82) is 0 Å². The molecule has 1 heterocycles. The summed E-state index contributed by atoms with van der Waals surface area (Å²) in [6, 6.07) is 10.3. The molecule has 0 spiro atoms. The molecule has 18 heavy (non-hydrogen) atoms. The topological polar surface area (TPSA) is 9.23 Å². The minimum absolute atomic E-state index is 1.00. The minimum Gasteiger partial charge on any atom is -0.381 e. The van der Waals surface area contributed by atoms with E-state index in [1.165, 1.54) is 56.9 Å². The van der Waals surface area contributed by atoms with Crippen LogP contribution >= 0.6 is 0 Å². The Morgan fingerprint density at radius 3 is 1.33 bits per heavy atom. The highest BCUT2D eigenvalue weighted by atomic mass is 16.5. The van der Waals surface area contributed by atoms with E-state index < -0.39 is 0 Å². The Hall–Kier alpha value is -0.820. The smallest absolute Gasteiger partial charge is 0.0466 e. The number of ether oxygens (including phenoxy) is 1. The molecule has 3 rings (SSSR count). The summed E-state index contributed by atoms with van der Waals surface area (Å²) < 4.78 is 4.94. The van der Waals surface area contributed by atoms with Crippen LogP contribution in [0, 0.1) is 6.92 Å². The minimum atomic E-state index is 1.00. The van der Waals surface area contributed by atoms with Gasteiger partial charge in [0.1, 0.15) is 0 Å². The third-order valence-electron chi connectivity index (χ3n) is 3.27. The van der Waals surface area contributed by atoms with Crippen LogP contribution < -0.4 is 0 Å². The van der Waals surface area contributed by atoms with Gasteiger partial charge in [-0.15, -0.1) is 0 Å². The lowest BCUT2D eigenvalue weighted by Crippen LogP contribution is -1.85. The van der Waals surface area contributed by atoms with Gasteiger partial charge in [-0.3, -0.25) is 0 Å². The molecule has 1 aromatic carbocycles. The number of rotatable bonds is 0. The van der Waals surface area contributed by atoms with Gasteiger partial charge in [-0.05, 0) is 19.8 Å². The zero-order valence-electron chi connectivity index (χ0n) is 11.9. The van der Waals surface area contributed by atoms with Crippen LogP contribution in [-0.4, -0.2) is 13.2 Å². The van der Waals surface area contributed by atoms with E-state index >= 15 is 0 Å². The Labute approximate surface area is 113 Å². The molecular formula is C17H28O. The van der Waals surface area contributed by atoms with Crippen molar-refractivity contribution >= 4 is 0 Å². The van der Waals surface area contributed by atoms with Gasteiger partial charge in [0.05, 0.1) is 0 Å². The number of aryl methyl sites for hydroxylation is 1. The second-order valence-corrected chi connectivity index (χ2v) is 5.10. The Morgan fingerprint density at radius 2 is 1.11 bits per heavy atom. The molecule has 102 valence electrons. The largest absolute Gasteiger partial charge is 0.381 e. The fourth-order valence-corrected chi connectivity index (χ4v) is 2.11. The van der Waals surface area contributed by atoms with Gasteiger partial charge in [0, 0.05) is 13.2 Å². The summed E-state index contributed by atoms with van der Waals surface area (Å²) in [6.07, 6.45) is 11.6. The van der Waals surface area contributed by atoms with Gasteiger partial charge < -0.3 is 4.74 Å². The second-order valence-electron chi connectivity index (χ2n) is 5.10. The van der Waals surface area contributed by atoms with Crippen LogP contribution in [0.3, 0.4) is 0 Å². The van der Waals surface area contributed by atoms with Crippen molar-refractivity contribution in [1.82, 2.24) is 0 Å². The van der Waals surface area contributed by atoms with Crippen LogP contribution in [0.2, 0.25) is 0 Å². The predicted octanol–water partition coefficient (Wildman–Crippen LogP) is 5.13. The molecule has 0 atom stereocenters. The molecule has 2 fully saturated rings. The lowest BCUT2D eigenvalue weighted by molar-refractivity contribution is 0.198. The molecule has 1 aromatic rings. The molecular weight excluding hydrogens is 220 g/mol. The second kappa shape index (κ2) is 11.3. The average molecular weight is 248 g/mol. The summed E-state index contributed by atoms with van der Waals surface area (Å²) in [4.78, 5) is 0. The third-order valence-corrected chi connectivity index (χ3v) is 3.27. The van der Waals surface area contributed by atoms with Crippen LogP contribution in [0.25, 0.3) is 0 Å². The van der Waals surface area contributed by atoms with E-state index in [-0.39, 0.29) is 0 Å². The molecule has 0 radical (unpaired) electrons. The monoisotopic (exact) mass is 248 g/mol. The average Bonchev–Trinajstić information content (AvgIpc) is 3.01. The fourth-order valence-electron chi connectivity index (χ4n) is 2.11. The molecule has 1 aliphatic carbocycles. The Balaban J connectivity index is 0.000000137. The van der Waals surface area contributed by atoms with E-state index in [9.17, 15) is 0 Å². The van der Waals surface area contributed by atoms with E-state index in [1.807, 2.05) is 18.2 Å². The van der Waals surface area contributed by atoms with Gasteiger partial charge in [0.2, 0.25) is 0 Å². The van der Waals surface area contributed by atoms with Crippen molar-refractivity contribution in [3.63, 3.8) is 0 Å². The van der Waals surface area contributed by atoms with Crippen LogP contribution in [0.5, 0.6) is 0 Å². The first-order valence-electron chi connectivity index (χ1n) is 7.49. The van der Waals surface area contributed by atoms with Crippen LogP contribution in [-0.2, 0) is 4.74 Å². The highest BCUT2D eigenvalue weighted by Gasteiger charge is 1.95. The predicted molar refractivity (Wildman–Crippen MR) is 78.9 cm³/mol. The molecule has 0 aromatic heterocycles. The molecule has 1 heteroatoms. The summed E-state index contributed by atoms with van der Waals surface area (Å²) in [5.74, 6) is 0. The highest BCUT2D eigenvalue weighted by Crippen LogP contribution is 2.15. The molecule has 1 nitrogen and oxygen atoms in total.